The molecule has 1 aliphatic heterocycles. The van der Waals surface area contributed by atoms with Crippen LogP contribution in [0, 0.1) is 0 Å². The summed E-state index contributed by atoms with van der Waals surface area (Å²) in [5.41, 5.74) is 2.38. The Morgan fingerprint density at radius 3 is 2.50 bits per heavy atom. The van der Waals surface area contributed by atoms with Gasteiger partial charge in [0.25, 0.3) is 0 Å². The molecule has 3 rings (SSSR count). The fourth-order valence-electron chi connectivity index (χ4n) is 3.34. The van der Waals surface area contributed by atoms with E-state index in [0.29, 0.717) is 11.6 Å². The van der Waals surface area contributed by atoms with Gasteiger partial charge in [-0.1, -0.05) is 54.1 Å². The van der Waals surface area contributed by atoms with E-state index in [1.807, 2.05) is 37.4 Å². The minimum atomic E-state index is -0.0218. The fourth-order valence-corrected chi connectivity index (χ4v) is 3.56. The number of likely N-dealkylation sites (tertiary alicyclic amines) is 1. The van der Waals surface area contributed by atoms with Gasteiger partial charge in [-0.15, -0.1) is 0 Å². The summed E-state index contributed by atoms with van der Waals surface area (Å²) >= 11 is 6.01. The number of hydrogen-bond donors (Lipinski definition) is 1. The number of nitrogens with one attached hydrogen (secondary N) is 1. The molecule has 0 radical (unpaired) electrons. The van der Waals surface area contributed by atoms with E-state index in [0.717, 1.165) is 38.0 Å². The maximum absolute atomic E-state index is 12.4. The van der Waals surface area contributed by atoms with Crippen molar-refractivity contribution in [2.45, 2.75) is 32.0 Å². The van der Waals surface area contributed by atoms with Crippen molar-refractivity contribution in [3.8, 4) is 0 Å². The molecule has 1 aliphatic rings. The summed E-state index contributed by atoms with van der Waals surface area (Å²) in [6.45, 7) is 3.56. The van der Waals surface area contributed by atoms with E-state index in [-0.39, 0.29) is 12.1 Å². The molecule has 1 fully saturated rings. The standard InChI is InChI=1S/C21H26ClN3O/c1-24(15-18-8-5-9-19(22)14-18)21(26)23-20-10-12-25(13-11-20)16-17-6-3-2-4-7-17/h2-9,14,20H,10-13,15-16H2,1H3,(H,23,26). The molecule has 2 aromatic carbocycles. The van der Waals surface area contributed by atoms with Crippen LogP contribution in [0.25, 0.3) is 0 Å². The highest BCUT2D eigenvalue weighted by molar-refractivity contribution is 6.30. The molecule has 4 nitrogen and oxygen atoms in total. The van der Waals surface area contributed by atoms with E-state index >= 15 is 0 Å². The predicted molar refractivity (Wildman–Crippen MR) is 106 cm³/mol. The van der Waals surface area contributed by atoms with Gasteiger partial charge >= 0.3 is 6.03 Å². The first-order chi connectivity index (χ1) is 12.6. The summed E-state index contributed by atoms with van der Waals surface area (Å²) in [5, 5.41) is 3.86. The Hall–Kier alpha value is -2.04. The molecule has 1 N–H and O–H groups in total. The van der Waals surface area contributed by atoms with Crippen LogP contribution < -0.4 is 5.32 Å². The number of nitrogens with zero attached hydrogens (tertiary/aromatic N) is 2. The SMILES string of the molecule is CN(Cc1cccc(Cl)c1)C(=O)NC1CCN(Cc2ccccc2)CC1. The van der Waals surface area contributed by atoms with Crippen molar-refractivity contribution in [3.05, 3.63) is 70.7 Å². The van der Waals surface area contributed by atoms with E-state index in [1.54, 1.807) is 4.90 Å². The second kappa shape index (κ2) is 9.06. The number of carbonyl (C=O) groups is 1. The van der Waals surface area contributed by atoms with Crippen LogP contribution in [0.4, 0.5) is 4.79 Å². The molecule has 2 aromatic rings. The van der Waals surface area contributed by atoms with Crippen LogP contribution in [0.3, 0.4) is 0 Å². The number of urea groups is 1. The highest BCUT2D eigenvalue weighted by Gasteiger charge is 2.22. The molecule has 138 valence electrons. The first-order valence-electron chi connectivity index (χ1n) is 9.12. The van der Waals surface area contributed by atoms with Crippen molar-refractivity contribution in [1.82, 2.24) is 15.1 Å². The number of hydrogen-bond acceptors (Lipinski definition) is 2. The molecular weight excluding hydrogens is 346 g/mol. The number of carbonyl (C=O) groups excluding carboxylic acids is 1. The lowest BCUT2D eigenvalue weighted by atomic mass is 10.0. The van der Waals surface area contributed by atoms with Crippen LogP contribution in [0.15, 0.2) is 54.6 Å². The summed E-state index contributed by atoms with van der Waals surface area (Å²) in [6.07, 6.45) is 1.98. The third kappa shape index (κ3) is 5.48. The predicted octanol–water partition coefficient (Wildman–Crippen LogP) is 4.15. The Bertz CT molecular complexity index is 714. The van der Waals surface area contributed by atoms with Gasteiger partial charge in [0, 0.05) is 44.3 Å². The van der Waals surface area contributed by atoms with Crippen molar-refractivity contribution in [2.75, 3.05) is 20.1 Å². The van der Waals surface area contributed by atoms with Gasteiger partial charge in [0.2, 0.25) is 0 Å². The fraction of sp³-hybridized carbons (Fsp3) is 0.381. The van der Waals surface area contributed by atoms with E-state index in [2.05, 4.69) is 34.5 Å². The van der Waals surface area contributed by atoms with Crippen molar-refractivity contribution < 1.29 is 4.79 Å². The van der Waals surface area contributed by atoms with Crippen LogP contribution in [0.2, 0.25) is 5.02 Å². The molecule has 0 aliphatic carbocycles. The quantitative estimate of drug-likeness (QED) is 0.857. The number of halogens is 1. The molecule has 2 amide bonds. The van der Waals surface area contributed by atoms with Crippen LogP contribution in [-0.4, -0.2) is 42.0 Å². The van der Waals surface area contributed by atoms with Crippen LogP contribution in [0.5, 0.6) is 0 Å². The zero-order valence-corrected chi connectivity index (χ0v) is 16.0. The summed E-state index contributed by atoms with van der Waals surface area (Å²) in [7, 11) is 1.82. The Kier molecular flexibility index (Phi) is 6.53. The molecule has 0 unspecified atom stereocenters. The van der Waals surface area contributed by atoms with Gasteiger partial charge in [-0.3, -0.25) is 4.90 Å². The number of rotatable bonds is 5. The third-order valence-electron chi connectivity index (χ3n) is 4.82. The van der Waals surface area contributed by atoms with Crippen molar-refractivity contribution in [1.29, 1.82) is 0 Å². The first kappa shape index (κ1) is 18.7. The van der Waals surface area contributed by atoms with Gasteiger partial charge < -0.3 is 10.2 Å². The Morgan fingerprint density at radius 1 is 1.12 bits per heavy atom. The summed E-state index contributed by atoms with van der Waals surface area (Å²) in [5.74, 6) is 0. The zero-order chi connectivity index (χ0) is 18.4. The lowest BCUT2D eigenvalue weighted by molar-refractivity contribution is 0.173. The average Bonchev–Trinajstić information content (AvgIpc) is 2.64. The summed E-state index contributed by atoms with van der Waals surface area (Å²) < 4.78 is 0. The van der Waals surface area contributed by atoms with E-state index in [4.69, 9.17) is 11.6 Å². The minimum Gasteiger partial charge on any atom is -0.335 e. The van der Waals surface area contributed by atoms with Gasteiger partial charge in [-0.05, 0) is 36.1 Å². The summed E-state index contributed by atoms with van der Waals surface area (Å²) in [6, 6.07) is 18.4. The molecule has 0 bridgehead atoms. The van der Waals surface area contributed by atoms with Crippen molar-refractivity contribution >= 4 is 17.6 Å². The van der Waals surface area contributed by atoms with Gasteiger partial charge in [-0.25, -0.2) is 4.79 Å². The maximum Gasteiger partial charge on any atom is 0.317 e. The van der Waals surface area contributed by atoms with Gasteiger partial charge in [0.05, 0.1) is 0 Å². The Labute approximate surface area is 160 Å². The van der Waals surface area contributed by atoms with E-state index in [1.165, 1.54) is 5.56 Å². The number of amides is 2. The third-order valence-corrected chi connectivity index (χ3v) is 5.05. The molecule has 0 aromatic heterocycles. The summed E-state index contributed by atoms with van der Waals surface area (Å²) in [4.78, 5) is 16.6. The molecule has 0 atom stereocenters. The zero-order valence-electron chi connectivity index (χ0n) is 15.2. The Balaban J connectivity index is 1.42. The van der Waals surface area contributed by atoms with Crippen LogP contribution in [0.1, 0.15) is 24.0 Å². The van der Waals surface area contributed by atoms with Gasteiger partial charge in [0.15, 0.2) is 0 Å². The molecule has 26 heavy (non-hydrogen) atoms. The second-order valence-electron chi connectivity index (χ2n) is 6.97. The van der Waals surface area contributed by atoms with Crippen molar-refractivity contribution in [3.63, 3.8) is 0 Å². The normalized spacial score (nSPS) is 15.6. The Morgan fingerprint density at radius 2 is 1.81 bits per heavy atom. The van der Waals surface area contributed by atoms with Gasteiger partial charge in [0.1, 0.15) is 0 Å². The minimum absolute atomic E-state index is 0.0218. The van der Waals surface area contributed by atoms with Crippen LogP contribution >= 0.6 is 11.6 Å². The average molecular weight is 372 g/mol. The largest absolute Gasteiger partial charge is 0.335 e. The molecule has 0 spiro atoms. The number of benzene rings is 2. The molecular formula is C21H26ClN3O. The smallest absolute Gasteiger partial charge is 0.317 e. The second-order valence-corrected chi connectivity index (χ2v) is 7.41. The molecule has 1 heterocycles. The lowest BCUT2D eigenvalue weighted by Gasteiger charge is -2.33. The van der Waals surface area contributed by atoms with Gasteiger partial charge in [-0.2, -0.15) is 0 Å². The van der Waals surface area contributed by atoms with Crippen molar-refractivity contribution in [2.24, 2.45) is 0 Å². The van der Waals surface area contributed by atoms with Crippen LogP contribution in [-0.2, 0) is 13.1 Å². The lowest BCUT2D eigenvalue weighted by Crippen LogP contribution is -2.48. The maximum atomic E-state index is 12.4. The highest BCUT2D eigenvalue weighted by Crippen LogP contribution is 2.15. The molecule has 5 heteroatoms. The number of piperidine rings is 1. The molecule has 0 saturated carbocycles. The van der Waals surface area contributed by atoms with E-state index in [9.17, 15) is 4.79 Å². The monoisotopic (exact) mass is 371 g/mol. The first-order valence-corrected chi connectivity index (χ1v) is 9.50. The highest BCUT2D eigenvalue weighted by atomic mass is 35.5. The molecule has 1 saturated heterocycles. The van der Waals surface area contributed by atoms with E-state index < -0.39 is 0 Å². The topological polar surface area (TPSA) is 35.6 Å².